The number of ether oxygens (including phenoxy) is 2. The quantitative estimate of drug-likeness (QED) is 0.377. The molecular weight excluding hydrogens is 236 g/mol. The Morgan fingerprint density at radius 3 is 2.56 bits per heavy atom. The molecule has 0 aliphatic carbocycles. The molecule has 6 heteroatoms. The van der Waals surface area contributed by atoms with Gasteiger partial charge in [0.05, 0.1) is 17.1 Å². The van der Waals surface area contributed by atoms with Crippen molar-refractivity contribution in [2.75, 3.05) is 18.9 Å². The van der Waals surface area contributed by atoms with Crippen molar-refractivity contribution in [1.29, 1.82) is 0 Å². The minimum absolute atomic E-state index is 0.0919. The van der Waals surface area contributed by atoms with Gasteiger partial charge < -0.3 is 15.2 Å². The number of para-hydroxylation sites is 1. The molecule has 0 aliphatic heterocycles. The van der Waals surface area contributed by atoms with E-state index < -0.39 is 4.92 Å². The highest BCUT2D eigenvalue weighted by atomic mass is 16.6. The SMILES string of the molecule is CC(C)(C)OCCOc1cccc(N)c1[N+](=O)[O-]. The van der Waals surface area contributed by atoms with E-state index in [-0.39, 0.29) is 29.3 Å². The maximum Gasteiger partial charge on any atom is 0.333 e. The van der Waals surface area contributed by atoms with Crippen LogP contribution in [-0.2, 0) is 4.74 Å². The number of nitro groups is 1. The average Bonchev–Trinajstić information content (AvgIpc) is 2.22. The minimum atomic E-state index is -0.546. The first-order valence-corrected chi connectivity index (χ1v) is 5.61. The van der Waals surface area contributed by atoms with Gasteiger partial charge in [0.15, 0.2) is 5.75 Å². The van der Waals surface area contributed by atoms with Gasteiger partial charge in [-0.2, -0.15) is 0 Å². The van der Waals surface area contributed by atoms with Crippen LogP contribution in [0.2, 0.25) is 0 Å². The molecule has 0 fully saturated rings. The van der Waals surface area contributed by atoms with E-state index in [0.717, 1.165) is 0 Å². The Kier molecular flexibility index (Phi) is 4.49. The lowest BCUT2D eigenvalue weighted by Crippen LogP contribution is -2.22. The molecule has 0 amide bonds. The van der Waals surface area contributed by atoms with Crippen LogP contribution in [0, 0.1) is 10.1 Å². The Balaban J connectivity index is 2.63. The van der Waals surface area contributed by atoms with E-state index >= 15 is 0 Å². The molecule has 1 aromatic rings. The minimum Gasteiger partial charge on any atom is -0.484 e. The molecule has 2 N–H and O–H groups in total. The molecule has 0 unspecified atom stereocenters. The lowest BCUT2D eigenvalue weighted by atomic mass is 10.2. The highest BCUT2D eigenvalue weighted by Gasteiger charge is 2.19. The Hall–Kier alpha value is -1.82. The molecule has 0 radical (unpaired) electrons. The van der Waals surface area contributed by atoms with Crippen LogP contribution in [0.25, 0.3) is 0 Å². The zero-order valence-corrected chi connectivity index (χ0v) is 10.8. The number of nitro benzene ring substituents is 1. The smallest absolute Gasteiger partial charge is 0.333 e. The summed E-state index contributed by atoms with van der Waals surface area (Å²) in [6.07, 6.45) is 0. The van der Waals surface area contributed by atoms with Gasteiger partial charge in [-0.25, -0.2) is 0 Å². The standard InChI is InChI=1S/C12H18N2O4/c1-12(2,3)18-8-7-17-10-6-4-5-9(13)11(10)14(15)16/h4-6H,7-8,13H2,1-3H3. The summed E-state index contributed by atoms with van der Waals surface area (Å²) in [6.45, 7) is 6.37. The fourth-order valence-corrected chi connectivity index (χ4v) is 1.35. The average molecular weight is 254 g/mol. The van der Waals surface area contributed by atoms with Crippen molar-refractivity contribution in [3.8, 4) is 5.75 Å². The van der Waals surface area contributed by atoms with Crippen molar-refractivity contribution in [3.63, 3.8) is 0 Å². The lowest BCUT2D eigenvalue weighted by molar-refractivity contribution is -0.384. The van der Waals surface area contributed by atoms with Crippen molar-refractivity contribution in [2.45, 2.75) is 26.4 Å². The van der Waals surface area contributed by atoms with Gasteiger partial charge >= 0.3 is 5.69 Å². The molecule has 0 bridgehead atoms. The summed E-state index contributed by atoms with van der Waals surface area (Å²) >= 11 is 0. The number of rotatable bonds is 5. The Morgan fingerprint density at radius 2 is 2.00 bits per heavy atom. The third kappa shape index (κ3) is 4.21. The van der Waals surface area contributed by atoms with Crippen molar-refractivity contribution < 1.29 is 14.4 Å². The second-order valence-corrected chi connectivity index (χ2v) is 4.76. The maximum atomic E-state index is 10.8. The van der Waals surface area contributed by atoms with Gasteiger partial charge in [0.1, 0.15) is 12.3 Å². The van der Waals surface area contributed by atoms with Crippen LogP contribution in [0.15, 0.2) is 18.2 Å². The van der Waals surface area contributed by atoms with Crippen LogP contribution in [0.3, 0.4) is 0 Å². The van der Waals surface area contributed by atoms with Crippen molar-refractivity contribution in [1.82, 2.24) is 0 Å². The van der Waals surface area contributed by atoms with Gasteiger partial charge in [0.25, 0.3) is 0 Å². The number of benzene rings is 1. The van der Waals surface area contributed by atoms with E-state index in [1.165, 1.54) is 12.1 Å². The van der Waals surface area contributed by atoms with E-state index in [9.17, 15) is 10.1 Å². The lowest BCUT2D eigenvalue weighted by Gasteiger charge is -2.19. The van der Waals surface area contributed by atoms with Crippen molar-refractivity contribution in [2.24, 2.45) is 0 Å². The summed E-state index contributed by atoms with van der Waals surface area (Å²) in [7, 11) is 0. The first kappa shape index (κ1) is 14.2. The highest BCUT2D eigenvalue weighted by molar-refractivity contribution is 5.65. The third-order valence-electron chi connectivity index (χ3n) is 2.09. The summed E-state index contributed by atoms with van der Waals surface area (Å²) < 4.78 is 10.8. The normalized spacial score (nSPS) is 11.3. The predicted molar refractivity (Wildman–Crippen MR) is 68.7 cm³/mol. The van der Waals surface area contributed by atoms with Gasteiger partial charge in [-0.1, -0.05) is 6.07 Å². The van der Waals surface area contributed by atoms with E-state index in [1.54, 1.807) is 6.07 Å². The second kappa shape index (κ2) is 5.68. The summed E-state index contributed by atoms with van der Waals surface area (Å²) in [4.78, 5) is 10.3. The van der Waals surface area contributed by atoms with Crippen molar-refractivity contribution >= 4 is 11.4 Å². The molecule has 6 nitrogen and oxygen atoms in total. The Morgan fingerprint density at radius 1 is 1.33 bits per heavy atom. The number of anilines is 1. The Bertz CT molecular complexity index is 427. The molecule has 0 saturated heterocycles. The van der Waals surface area contributed by atoms with Crippen molar-refractivity contribution in [3.05, 3.63) is 28.3 Å². The summed E-state index contributed by atoms with van der Waals surface area (Å²) in [5.41, 5.74) is 5.18. The molecule has 18 heavy (non-hydrogen) atoms. The number of nitrogen functional groups attached to an aromatic ring is 1. The fourth-order valence-electron chi connectivity index (χ4n) is 1.35. The number of nitrogens with zero attached hydrogens (tertiary/aromatic N) is 1. The molecule has 0 atom stereocenters. The van der Waals surface area contributed by atoms with Gasteiger partial charge in [0, 0.05) is 0 Å². The molecule has 0 aromatic heterocycles. The molecule has 100 valence electrons. The molecule has 1 aromatic carbocycles. The molecular formula is C12H18N2O4. The molecule has 0 aliphatic rings. The first-order chi connectivity index (χ1) is 8.31. The third-order valence-corrected chi connectivity index (χ3v) is 2.09. The van der Waals surface area contributed by atoms with Crippen LogP contribution in [0.4, 0.5) is 11.4 Å². The van der Waals surface area contributed by atoms with Gasteiger partial charge in [-0.05, 0) is 32.9 Å². The summed E-state index contributed by atoms with van der Waals surface area (Å²) in [6, 6.07) is 4.60. The summed E-state index contributed by atoms with van der Waals surface area (Å²) in [5.74, 6) is 0.164. The molecule has 0 heterocycles. The topological polar surface area (TPSA) is 87.6 Å². The molecule has 0 saturated carbocycles. The number of hydrogen-bond acceptors (Lipinski definition) is 5. The predicted octanol–water partition coefficient (Wildman–Crippen LogP) is 2.37. The second-order valence-electron chi connectivity index (χ2n) is 4.76. The van der Waals surface area contributed by atoms with Gasteiger partial charge in [0.2, 0.25) is 0 Å². The zero-order valence-electron chi connectivity index (χ0n) is 10.8. The van der Waals surface area contributed by atoms with Gasteiger partial charge in [-0.3, -0.25) is 10.1 Å². The van der Waals surface area contributed by atoms with E-state index in [4.69, 9.17) is 15.2 Å². The molecule has 0 spiro atoms. The van der Waals surface area contributed by atoms with E-state index in [1.807, 2.05) is 20.8 Å². The fraction of sp³-hybridized carbons (Fsp3) is 0.500. The van der Waals surface area contributed by atoms with Crippen LogP contribution in [0.5, 0.6) is 5.75 Å². The van der Waals surface area contributed by atoms with Crippen LogP contribution in [-0.4, -0.2) is 23.7 Å². The van der Waals surface area contributed by atoms with Gasteiger partial charge in [-0.15, -0.1) is 0 Å². The molecule has 1 rings (SSSR count). The largest absolute Gasteiger partial charge is 0.484 e. The first-order valence-electron chi connectivity index (χ1n) is 5.61. The number of nitrogens with two attached hydrogens (primary N) is 1. The maximum absolute atomic E-state index is 10.8. The van der Waals surface area contributed by atoms with Crippen LogP contribution >= 0.6 is 0 Å². The highest BCUT2D eigenvalue weighted by Crippen LogP contribution is 2.32. The van der Waals surface area contributed by atoms with Crippen LogP contribution in [0.1, 0.15) is 20.8 Å². The zero-order chi connectivity index (χ0) is 13.8. The van der Waals surface area contributed by atoms with E-state index in [2.05, 4.69) is 0 Å². The summed E-state index contributed by atoms with van der Waals surface area (Å²) in [5, 5.41) is 10.8. The monoisotopic (exact) mass is 254 g/mol. The Labute approximate surface area is 106 Å². The van der Waals surface area contributed by atoms with Crippen LogP contribution < -0.4 is 10.5 Å². The van der Waals surface area contributed by atoms with E-state index in [0.29, 0.717) is 6.61 Å². The number of hydrogen-bond donors (Lipinski definition) is 1.